The Hall–Kier alpha value is -1.49. The third-order valence-corrected chi connectivity index (χ3v) is 2.46. The second-order valence-corrected chi connectivity index (χ2v) is 4.10. The fraction of sp³-hybridized carbons (Fsp3) is 0.308. The van der Waals surface area contributed by atoms with Gasteiger partial charge in [-0.1, -0.05) is 22.0 Å². The molecule has 5 heteroatoms. The van der Waals surface area contributed by atoms with E-state index in [4.69, 9.17) is 9.47 Å². The second kappa shape index (κ2) is 7.76. The van der Waals surface area contributed by atoms with Gasteiger partial charge in [-0.3, -0.25) is 0 Å². The maximum Gasteiger partial charge on any atom is 0.330 e. The van der Waals surface area contributed by atoms with Crippen molar-refractivity contribution in [3.05, 3.63) is 29.8 Å². The highest BCUT2D eigenvalue weighted by Crippen LogP contribution is 2.28. The molecule has 4 nitrogen and oxygen atoms in total. The summed E-state index contributed by atoms with van der Waals surface area (Å²) in [7, 11) is 2.91. The third kappa shape index (κ3) is 4.41. The van der Waals surface area contributed by atoms with E-state index in [1.807, 2.05) is 6.07 Å². The summed E-state index contributed by atoms with van der Waals surface area (Å²) in [6.07, 6.45) is 3.01. The lowest BCUT2D eigenvalue weighted by Gasteiger charge is -2.10. The van der Waals surface area contributed by atoms with Crippen molar-refractivity contribution in [3.63, 3.8) is 0 Å². The van der Waals surface area contributed by atoms with E-state index in [0.717, 1.165) is 10.9 Å². The van der Waals surface area contributed by atoms with Gasteiger partial charge in [-0.15, -0.1) is 0 Å². The quantitative estimate of drug-likeness (QED) is 0.460. The summed E-state index contributed by atoms with van der Waals surface area (Å²) < 4.78 is 15.2. The predicted octanol–water partition coefficient (Wildman–Crippen LogP) is 2.66. The average Bonchev–Trinajstić information content (AvgIpc) is 2.42. The second-order valence-electron chi connectivity index (χ2n) is 3.30. The van der Waals surface area contributed by atoms with Crippen molar-refractivity contribution in [1.29, 1.82) is 0 Å². The Labute approximate surface area is 115 Å². The summed E-state index contributed by atoms with van der Waals surface area (Å²) in [5, 5.41) is 0.750. The van der Waals surface area contributed by atoms with E-state index in [1.165, 1.54) is 13.2 Å². The van der Waals surface area contributed by atoms with Crippen molar-refractivity contribution in [3.8, 4) is 11.5 Å². The van der Waals surface area contributed by atoms with Crippen LogP contribution in [0.15, 0.2) is 24.3 Å². The minimum absolute atomic E-state index is 0.395. The van der Waals surface area contributed by atoms with Crippen LogP contribution in [0.1, 0.15) is 5.56 Å². The molecule has 0 atom stereocenters. The van der Waals surface area contributed by atoms with Gasteiger partial charge in [0.1, 0.15) is 0 Å². The number of carbonyl (C=O) groups excluding carboxylic acids is 1. The molecule has 1 aromatic rings. The summed E-state index contributed by atoms with van der Waals surface area (Å²) in [5.41, 5.74) is 0.837. The lowest BCUT2D eigenvalue weighted by Crippen LogP contribution is -2.00. The molecule has 0 N–H and O–H groups in total. The zero-order valence-corrected chi connectivity index (χ0v) is 11.9. The Kier molecular flexibility index (Phi) is 6.28. The monoisotopic (exact) mass is 314 g/mol. The SMILES string of the molecule is COC(=O)C=Cc1ccc(OCCBr)c(OC)c1. The van der Waals surface area contributed by atoms with Crippen LogP contribution >= 0.6 is 15.9 Å². The molecule has 0 saturated heterocycles. The van der Waals surface area contributed by atoms with Gasteiger partial charge in [-0.2, -0.15) is 0 Å². The lowest BCUT2D eigenvalue weighted by molar-refractivity contribution is -0.134. The molecule has 0 unspecified atom stereocenters. The fourth-order valence-corrected chi connectivity index (χ4v) is 1.45. The van der Waals surface area contributed by atoms with E-state index < -0.39 is 5.97 Å². The molecular formula is C13H15BrO4. The van der Waals surface area contributed by atoms with Crippen LogP contribution in [0.5, 0.6) is 11.5 Å². The fourth-order valence-electron chi connectivity index (χ4n) is 1.29. The minimum Gasteiger partial charge on any atom is -0.493 e. The van der Waals surface area contributed by atoms with E-state index in [9.17, 15) is 4.79 Å². The summed E-state index contributed by atoms with van der Waals surface area (Å²) in [6.45, 7) is 0.563. The number of rotatable bonds is 6. The number of ether oxygens (including phenoxy) is 3. The van der Waals surface area contributed by atoms with E-state index in [2.05, 4.69) is 20.7 Å². The van der Waals surface area contributed by atoms with Gasteiger partial charge in [0.25, 0.3) is 0 Å². The maximum atomic E-state index is 11.0. The molecule has 98 valence electrons. The molecule has 1 aromatic carbocycles. The first kappa shape index (κ1) is 14.6. The topological polar surface area (TPSA) is 44.8 Å². The van der Waals surface area contributed by atoms with Crippen LogP contribution in [0.4, 0.5) is 0 Å². The van der Waals surface area contributed by atoms with Crippen molar-refractivity contribution in [1.82, 2.24) is 0 Å². The molecule has 18 heavy (non-hydrogen) atoms. The zero-order valence-electron chi connectivity index (χ0n) is 10.3. The van der Waals surface area contributed by atoms with E-state index >= 15 is 0 Å². The smallest absolute Gasteiger partial charge is 0.330 e. The minimum atomic E-state index is -0.395. The van der Waals surface area contributed by atoms with Crippen LogP contribution in [0.25, 0.3) is 6.08 Å². The maximum absolute atomic E-state index is 11.0. The number of hydrogen-bond donors (Lipinski definition) is 0. The van der Waals surface area contributed by atoms with Gasteiger partial charge in [0, 0.05) is 11.4 Å². The molecule has 0 saturated carbocycles. The van der Waals surface area contributed by atoms with Gasteiger partial charge in [-0.05, 0) is 23.8 Å². The Bertz CT molecular complexity index is 429. The normalized spacial score (nSPS) is 10.4. The van der Waals surface area contributed by atoms with Crippen LogP contribution in [-0.4, -0.2) is 32.1 Å². The molecule has 0 amide bonds. The van der Waals surface area contributed by atoms with Gasteiger partial charge in [0.2, 0.25) is 0 Å². The van der Waals surface area contributed by atoms with Crippen molar-refractivity contribution < 1.29 is 19.0 Å². The first-order valence-electron chi connectivity index (χ1n) is 5.34. The number of alkyl halides is 1. The third-order valence-electron chi connectivity index (χ3n) is 2.14. The highest BCUT2D eigenvalue weighted by atomic mass is 79.9. The molecule has 0 bridgehead atoms. The standard InChI is InChI=1S/C13H15BrO4/c1-16-12-9-10(4-6-13(15)17-2)3-5-11(12)18-8-7-14/h3-6,9H,7-8H2,1-2H3. The Balaban J connectivity index is 2.84. The average molecular weight is 315 g/mol. The van der Waals surface area contributed by atoms with Crippen molar-refractivity contribution in [2.24, 2.45) is 0 Å². The molecular weight excluding hydrogens is 300 g/mol. The number of esters is 1. The zero-order chi connectivity index (χ0) is 13.4. The predicted molar refractivity (Wildman–Crippen MR) is 73.3 cm³/mol. The van der Waals surface area contributed by atoms with Gasteiger partial charge < -0.3 is 14.2 Å². The molecule has 0 aromatic heterocycles. The molecule has 0 aliphatic carbocycles. The van der Waals surface area contributed by atoms with Crippen LogP contribution in [0, 0.1) is 0 Å². The molecule has 1 rings (SSSR count). The summed E-state index contributed by atoms with van der Waals surface area (Å²) in [5.74, 6) is 0.906. The van der Waals surface area contributed by atoms with E-state index in [-0.39, 0.29) is 0 Å². The van der Waals surface area contributed by atoms with Gasteiger partial charge in [-0.25, -0.2) is 4.79 Å². The van der Waals surface area contributed by atoms with Crippen LogP contribution in [-0.2, 0) is 9.53 Å². The Morgan fingerprint density at radius 3 is 2.72 bits per heavy atom. The van der Waals surface area contributed by atoms with E-state index in [0.29, 0.717) is 18.1 Å². The molecule has 0 fully saturated rings. The molecule has 0 aliphatic heterocycles. The lowest BCUT2D eigenvalue weighted by atomic mass is 10.2. The number of hydrogen-bond acceptors (Lipinski definition) is 4. The van der Waals surface area contributed by atoms with Gasteiger partial charge in [0.05, 0.1) is 20.8 Å². The summed E-state index contributed by atoms with van der Waals surface area (Å²) >= 11 is 3.29. The Morgan fingerprint density at radius 1 is 1.33 bits per heavy atom. The first-order valence-corrected chi connectivity index (χ1v) is 6.46. The van der Waals surface area contributed by atoms with Crippen LogP contribution < -0.4 is 9.47 Å². The highest BCUT2D eigenvalue weighted by Gasteiger charge is 2.04. The molecule has 0 spiro atoms. The molecule has 0 radical (unpaired) electrons. The number of methoxy groups -OCH3 is 2. The van der Waals surface area contributed by atoms with Crippen LogP contribution in [0.2, 0.25) is 0 Å². The first-order chi connectivity index (χ1) is 8.71. The van der Waals surface area contributed by atoms with Crippen molar-refractivity contribution in [2.75, 3.05) is 26.2 Å². The van der Waals surface area contributed by atoms with E-state index in [1.54, 1.807) is 25.3 Å². The largest absolute Gasteiger partial charge is 0.493 e. The molecule has 0 aliphatic rings. The molecule has 0 heterocycles. The number of halogens is 1. The summed E-state index contributed by atoms with van der Waals surface area (Å²) in [4.78, 5) is 11.0. The Morgan fingerprint density at radius 2 is 2.11 bits per heavy atom. The number of benzene rings is 1. The van der Waals surface area contributed by atoms with Gasteiger partial charge in [0.15, 0.2) is 11.5 Å². The van der Waals surface area contributed by atoms with Crippen LogP contribution in [0.3, 0.4) is 0 Å². The van der Waals surface area contributed by atoms with Gasteiger partial charge >= 0.3 is 5.97 Å². The number of carbonyl (C=O) groups is 1. The summed E-state index contributed by atoms with van der Waals surface area (Å²) in [6, 6.07) is 5.44. The van der Waals surface area contributed by atoms with Crippen molar-refractivity contribution in [2.45, 2.75) is 0 Å². The highest BCUT2D eigenvalue weighted by molar-refractivity contribution is 9.09. The van der Waals surface area contributed by atoms with Crippen molar-refractivity contribution >= 4 is 28.0 Å².